The molecular formula is C38H43N7O5S. The second-order valence-electron chi connectivity index (χ2n) is 13.3. The maximum atomic E-state index is 14.6. The average molecular weight is 710 g/mol. The fourth-order valence-electron chi connectivity index (χ4n) is 7.14. The Kier molecular flexibility index (Phi) is 10.2. The second-order valence-corrected chi connectivity index (χ2v) is 14.2. The van der Waals surface area contributed by atoms with Gasteiger partial charge in [-0.2, -0.15) is 9.90 Å². The van der Waals surface area contributed by atoms with Crippen LogP contribution in [0.3, 0.4) is 0 Å². The molecule has 4 heterocycles. The van der Waals surface area contributed by atoms with E-state index in [9.17, 15) is 14.4 Å². The molecule has 2 aromatic heterocycles. The molecule has 2 aromatic carbocycles. The van der Waals surface area contributed by atoms with E-state index in [0.29, 0.717) is 29.2 Å². The van der Waals surface area contributed by atoms with Crippen LogP contribution in [0.2, 0.25) is 0 Å². The van der Waals surface area contributed by atoms with Crippen molar-refractivity contribution in [3.63, 3.8) is 0 Å². The summed E-state index contributed by atoms with van der Waals surface area (Å²) in [5.74, 6) is -0.445. The molecule has 0 spiro atoms. The number of nitrogens with one attached hydrogen (secondary N) is 2. The second kappa shape index (κ2) is 15.1. The summed E-state index contributed by atoms with van der Waals surface area (Å²) >= 11 is 1.46. The third kappa shape index (κ3) is 7.25. The van der Waals surface area contributed by atoms with E-state index in [1.165, 1.54) is 11.3 Å². The van der Waals surface area contributed by atoms with E-state index in [1.807, 2.05) is 66.1 Å². The van der Waals surface area contributed by atoms with E-state index in [0.717, 1.165) is 42.7 Å². The summed E-state index contributed by atoms with van der Waals surface area (Å²) in [4.78, 5) is 50.2. The minimum atomic E-state index is -1.15. The number of benzene rings is 2. The van der Waals surface area contributed by atoms with Crippen LogP contribution in [-0.4, -0.2) is 80.5 Å². The molecule has 0 radical (unpaired) electrons. The standard InChI is InChI=1S/C38H43N7O5S/c1-3-50-37(48)38-23-26(38)12-8-5-4-6-11-15-30(40-27-13-9-7-10-14-27)36(47)44-24-28(22-31(44)34(46)41-38)45-42-32(25-16-18-29(49-2)19-17-25)33(43-45)35-39-20-21-51-35/h7-10,12-14,16-21,26,28,30-31,40H,3-6,11,15,22-24H2,1-2H3,(H,41,46). The van der Waals surface area contributed by atoms with Gasteiger partial charge in [0.1, 0.15) is 39.8 Å². The Hall–Kier alpha value is -5.04. The fraction of sp³-hybridized carbons (Fsp3) is 0.421. The number of allylic oxidation sites excluding steroid dienone is 1. The number of carbonyl (C=O) groups is 3. The van der Waals surface area contributed by atoms with E-state index in [2.05, 4.69) is 21.7 Å². The highest BCUT2D eigenvalue weighted by molar-refractivity contribution is 7.13. The van der Waals surface area contributed by atoms with Gasteiger partial charge in [-0.25, -0.2) is 9.78 Å². The van der Waals surface area contributed by atoms with E-state index >= 15 is 0 Å². The predicted octanol–water partition coefficient (Wildman–Crippen LogP) is 5.66. The van der Waals surface area contributed by atoms with Gasteiger partial charge in [0, 0.05) is 41.7 Å². The molecule has 0 bridgehead atoms. The van der Waals surface area contributed by atoms with Gasteiger partial charge in [-0.15, -0.1) is 16.4 Å². The lowest BCUT2D eigenvalue weighted by molar-refractivity contribution is -0.150. The first-order valence-corrected chi connectivity index (χ1v) is 18.6. The van der Waals surface area contributed by atoms with Crippen molar-refractivity contribution in [3.8, 4) is 27.7 Å². The minimum Gasteiger partial charge on any atom is -0.497 e. The SMILES string of the molecule is CCOC(=O)C12CC1C=CCCCCCC(Nc1ccccc1)C(=O)N1CC(n3nc(-c4ccc(OC)cc4)c(-c4nccs4)n3)CC1C(=O)N2. The van der Waals surface area contributed by atoms with Crippen LogP contribution in [0, 0.1) is 5.92 Å². The zero-order chi connectivity index (χ0) is 35.4. The lowest BCUT2D eigenvalue weighted by atomic mass is 10.0. The molecule has 12 nitrogen and oxygen atoms in total. The molecule has 2 N–H and O–H groups in total. The number of para-hydroxylation sites is 1. The van der Waals surface area contributed by atoms with Gasteiger partial charge in [0.15, 0.2) is 0 Å². The summed E-state index contributed by atoms with van der Waals surface area (Å²) in [6, 6.07) is 15.4. The molecule has 7 rings (SSSR count). The third-order valence-corrected chi connectivity index (χ3v) is 10.7. The Morgan fingerprint density at radius 3 is 2.61 bits per heavy atom. The maximum Gasteiger partial charge on any atom is 0.332 e. The van der Waals surface area contributed by atoms with Crippen LogP contribution in [0.1, 0.15) is 57.9 Å². The van der Waals surface area contributed by atoms with E-state index in [4.69, 9.17) is 19.7 Å². The van der Waals surface area contributed by atoms with Crippen molar-refractivity contribution in [2.24, 2.45) is 5.92 Å². The van der Waals surface area contributed by atoms with Gasteiger partial charge in [0.25, 0.3) is 0 Å². The quantitative estimate of drug-likeness (QED) is 0.175. The van der Waals surface area contributed by atoms with Crippen molar-refractivity contribution in [1.29, 1.82) is 0 Å². The van der Waals surface area contributed by atoms with Crippen LogP contribution in [0.5, 0.6) is 5.75 Å². The van der Waals surface area contributed by atoms with Crippen molar-refractivity contribution in [3.05, 3.63) is 78.3 Å². The number of methoxy groups -OCH3 is 1. The van der Waals surface area contributed by atoms with E-state index < -0.39 is 29.6 Å². The molecule has 2 fully saturated rings. The third-order valence-electron chi connectivity index (χ3n) is 9.96. The molecule has 2 amide bonds. The lowest BCUT2D eigenvalue weighted by Gasteiger charge is -2.30. The number of fused-ring (bicyclic) bond motifs is 2. The summed E-state index contributed by atoms with van der Waals surface area (Å²) in [5.41, 5.74) is 1.78. The predicted molar refractivity (Wildman–Crippen MR) is 194 cm³/mol. The molecule has 51 heavy (non-hydrogen) atoms. The first kappa shape index (κ1) is 34.4. The Morgan fingerprint density at radius 1 is 1.06 bits per heavy atom. The molecule has 5 unspecified atom stereocenters. The van der Waals surface area contributed by atoms with Crippen LogP contribution >= 0.6 is 11.3 Å². The number of rotatable bonds is 8. The summed E-state index contributed by atoms with van der Waals surface area (Å²) < 4.78 is 10.8. The van der Waals surface area contributed by atoms with Crippen LogP contribution in [0.4, 0.5) is 5.69 Å². The van der Waals surface area contributed by atoms with Crippen molar-refractivity contribution < 1.29 is 23.9 Å². The zero-order valence-corrected chi connectivity index (χ0v) is 29.7. The monoisotopic (exact) mass is 709 g/mol. The molecule has 1 aliphatic carbocycles. The number of anilines is 1. The van der Waals surface area contributed by atoms with Crippen molar-refractivity contribution in [1.82, 2.24) is 30.2 Å². The lowest BCUT2D eigenvalue weighted by Crippen LogP contribution is -2.55. The van der Waals surface area contributed by atoms with Gasteiger partial charge < -0.3 is 25.0 Å². The molecule has 2 aliphatic heterocycles. The molecular weight excluding hydrogens is 667 g/mol. The normalized spacial score (nSPS) is 25.2. The van der Waals surface area contributed by atoms with Crippen LogP contribution in [0.25, 0.3) is 22.0 Å². The first-order valence-electron chi connectivity index (χ1n) is 17.7. The number of ether oxygens (including phenoxy) is 2. The first-order chi connectivity index (χ1) is 24.9. The summed E-state index contributed by atoms with van der Waals surface area (Å²) in [5, 5.41) is 19.1. The average Bonchev–Trinajstić information content (AvgIpc) is 3.61. The molecule has 1 saturated heterocycles. The zero-order valence-electron chi connectivity index (χ0n) is 28.9. The Bertz CT molecular complexity index is 1860. The van der Waals surface area contributed by atoms with Gasteiger partial charge in [0.05, 0.1) is 19.8 Å². The van der Waals surface area contributed by atoms with Gasteiger partial charge in [-0.3, -0.25) is 9.59 Å². The molecule has 266 valence electrons. The molecule has 13 heteroatoms. The highest BCUT2D eigenvalue weighted by Crippen LogP contribution is 2.46. The smallest absolute Gasteiger partial charge is 0.332 e. The van der Waals surface area contributed by atoms with Crippen molar-refractivity contribution >= 4 is 34.8 Å². The minimum absolute atomic E-state index is 0.167. The molecule has 1 saturated carbocycles. The number of nitrogens with zero attached hydrogens (tertiary/aromatic N) is 5. The van der Waals surface area contributed by atoms with Gasteiger partial charge in [0.2, 0.25) is 11.8 Å². The van der Waals surface area contributed by atoms with Crippen LogP contribution in [-0.2, 0) is 19.1 Å². The van der Waals surface area contributed by atoms with Crippen molar-refractivity contribution in [2.75, 3.05) is 25.6 Å². The molecule has 5 atom stereocenters. The number of esters is 1. The summed E-state index contributed by atoms with van der Waals surface area (Å²) in [6.45, 7) is 2.18. The molecule has 4 aromatic rings. The highest BCUT2D eigenvalue weighted by atomic mass is 32.1. The maximum absolute atomic E-state index is 14.6. The Morgan fingerprint density at radius 2 is 1.86 bits per heavy atom. The van der Waals surface area contributed by atoms with E-state index in [-0.39, 0.29) is 37.3 Å². The number of carbonyl (C=O) groups excluding carboxylic acids is 3. The number of hydrogen-bond donors (Lipinski definition) is 2. The van der Waals surface area contributed by atoms with E-state index in [1.54, 1.807) is 29.9 Å². The van der Waals surface area contributed by atoms with Crippen LogP contribution < -0.4 is 15.4 Å². The topological polar surface area (TPSA) is 141 Å². The van der Waals surface area contributed by atoms with Crippen molar-refractivity contribution in [2.45, 2.75) is 75.5 Å². The van der Waals surface area contributed by atoms with Crippen LogP contribution in [0.15, 0.2) is 78.3 Å². The Labute approximate surface area is 301 Å². The summed E-state index contributed by atoms with van der Waals surface area (Å²) in [6.07, 6.45) is 10.8. The fourth-order valence-corrected chi connectivity index (χ4v) is 7.76. The highest BCUT2D eigenvalue weighted by Gasteiger charge is 2.62. The number of hydrogen-bond acceptors (Lipinski definition) is 10. The largest absolute Gasteiger partial charge is 0.497 e. The number of thiazole rings is 1. The van der Waals surface area contributed by atoms with Gasteiger partial charge in [-0.05, 0) is 69.0 Å². The molecule has 3 aliphatic rings. The summed E-state index contributed by atoms with van der Waals surface area (Å²) in [7, 11) is 1.62. The Balaban J connectivity index is 1.25. The van der Waals surface area contributed by atoms with Gasteiger partial charge >= 0.3 is 5.97 Å². The number of aromatic nitrogens is 4. The van der Waals surface area contributed by atoms with Gasteiger partial charge in [-0.1, -0.05) is 43.2 Å². The number of amides is 2.